The molecule has 4 N–H and O–H groups in total. The van der Waals surface area contributed by atoms with Crippen molar-refractivity contribution in [2.75, 3.05) is 17.6 Å². The summed E-state index contributed by atoms with van der Waals surface area (Å²) in [7, 11) is 0. The molecule has 0 aliphatic carbocycles. The summed E-state index contributed by atoms with van der Waals surface area (Å²) >= 11 is 0. The molecule has 1 unspecified atom stereocenters. The van der Waals surface area contributed by atoms with Crippen LogP contribution in [0, 0.1) is 6.92 Å². The number of halogens is 3. The fourth-order valence-corrected chi connectivity index (χ4v) is 1.21. The van der Waals surface area contributed by atoms with E-state index in [-0.39, 0.29) is 0 Å². The van der Waals surface area contributed by atoms with Gasteiger partial charge in [0, 0.05) is 17.9 Å². The van der Waals surface area contributed by atoms with E-state index < -0.39 is 18.8 Å². The van der Waals surface area contributed by atoms with Crippen LogP contribution in [0.15, 0.2) is 18.2 Å². The van der Waals surface area contributed by atoms with Crippen molar-refractivity contribution in [1.29, 1.82) is 0 Å². The van der Waals surface area contributed by atoms with Gasteiger partial charge in [0.25, 0.3) is 0 Å². The minimum absolute atomic E-state index is 0.525. The summed E-state index contributed by atoms with van der Waals surface area (Å²) in [6.45, 7) is 1.15. The highest BCUT2D eigenvalue weighted by Gasteiger charge is 2.37. The highest BCUT2D eigenvalue weighted by atomic mass is 19.4. The minimum Gasteiger partial charge on any atom is -0.399 e. The fraction of sp³-hybridized carbons (Fsp3) is 0.400. The van der Waals surface area contributed by atoms with Crippen LogP contribution in [0.1, 0.15) is 5.56 Å². The highest BCUT2D eigenvalue weighted by Crippen LogP contribution is 2.22. The van der Waals surface area contributed by atoms with E-state index in [2.05, 4.69) is 5.32 Å². The number of hydrogen-bond donors (Lipinski definition) is 3. The van der Waals surface area contributed by atoms with Crippen LogP contribution in [-0.4, -0.2) is 23.9 Å². The van der Waals surface area contributed by atoms with Crippen LogP contribution < -0.4 is 11.1 Å². The third-order valence-electron chi connectivity index (χ3n) is 2.11. The van der Waals surface area contributed by atoms with Gasteiger partial charge in [-0.05, 0) is 30.7 Å². The second-order valence-electron chi connectivity index (χ2n) is 3.51. The number of aliphatic hydroxyl groups excluding tert-OH is 1. The number of nitrogens with two attached hydrogens (primary N) is 1. The Morgan fingerprint density at radius 2 is 2.06 bits per heavy atom. The largest absolute Gasteiger partial charge is 0.416 e. The summed E-state index contributed by atoms with van der Waals surface area (Å²) < 4.78 is 36.0. The molecule has 0 aliphatic rings. The summed E-state index contributed by atoms with van der Waals surface area (Å²) in [6.07, 6.45) is -6.97. The van der Waals surface area contributed by atoms with E-state index in [4.69, 9.17) is 10.8 Å². The molecule has 0 heterocycles. The van der Waals surface area contributed by atoms with Gasteiger partial charge in [-0.2, -0.15) is 13.2 Å². The van der Waals surface area contributed by atoms with E-state index in [0.29, 0.717) is 11.4 Å². The first-order chi connectivity index (χ1) is 7.30. The minimum atomic E-state index is -4.60. The van der Waals surface area contributed by atoms with Crippen molar-refractivity contribution >= 4 is 11.4 Å². The molecule has 1 aromatic carbocycles. The molecule has 0 amide bonds. The lowest BCUT2D eigenvalue weighted by Crippen LogP contribution is -2.35. The smallest absolute Gasteiger partial charge is 0.399 e. The van der Waals surface area contributed by atoms with Crippen LogP contribution in [0.25, 0.3) is 0 Å². The maximum absolute atomic E-state index is 12.0. The van der Waals surface area contributed by atoms with Crippen LogP contribution in [0.5, 0.6) is 0 Å². The number of nitrogen functional groups attached to an aromatic ring is 1. The van der Waals surface area contributed by atoms with Crippen molar-refractivity contribution in [1.82, 2.24) is 0 Å². The van der Waals surface area contributed by atoms with Gasteiger partial charge in [0.1, 0.15) is 0 Å². The van der Waals surface area contributed by atoms with Gasteiger partial charge in [-0.3, -0.25) is 0 Å². The molecule has 0 aliphatic heterocycles. The predicted molar refractivity (Wildman–Crippen MR) is 56.1 cm³/mol. The Balaban J connectivity index is 2.62. The molecule has 6 heteroatoms. The standard InChI is InChI=1S/C10H13F3N2O/c1-6-4-7(14)2-3-8(6)15-5-9(16)10(11,12)13/h2-4,9,15-16H,5,14H2,1H3. The summed E-state index contributed by atoms with van der Waals surface area (Å²) in [5.74, 6) is 0. The average molecular weight is 234 g/mol. The first-order valence-corrected chi connectivity index (χ1v) is 4.65. The number of alkyl halides is 3. The van der Waals surface area contributed by atoms with Crippen molar-refractivity contribution in [3.8, 4) is 0 Å². The predicted octanol–water partition coefficient (Wildman–Crippen LogP) is 1.91. The van der Waals surface area contributed by atoms with Crippen LogP contribution in [-0.2, 0) is 0 Å². The Morgan fingerprint density at radius 1 is 1.44 bits per heavy atom. The van der Waals surface area contributed by atoms with E-state index in [9.17, 15) is 13.2 Å². The molecule has 0 saturated heterocycles. The maximum atomic E-state index is 12.0. The Morgan fingerprint density at radius 3 is 2.56 bits per heavy atom. The van der Waals surface area contributed by atoms with Gasteiger partial charge in [-0.1, -0.05) is 0 Å². The van der Waals surface area contributed by atoms with Crippen molar-refractivity contribution in [3.05, 3.63) is 23.8 Å². The topological polar surface area (TPSA) is 58.3 Å². The molecule has 0 saturated carbocycles. The van der Waals surface area contributed by atoms with Gasteiger partial charge in [-0.25, -0.2) is 0 Å². The zero-order valence-corrected chi connectivity index (χ0v) is 8.67. The molecule has 0 bridgehead atoms. The Bertz CT molecular complexity index is 366. The van der Waals surface area contributed by atoms with Crippen molar-refractivity contribution in [2.24, 2.45) is 0 Å². The zero-order chi connectivity index (χ0) is 12.3. The van der Waals surface area contributed by atoms with Gasteiger partial charge >= 0.3 is 6.18 Å². The number of rotatable bonds is 3. The lowest BCUT2D eigenvalue weighted by Gasteiger charge is -2.16. The second-order valence-corrected chi connectivity index (χ2v) is 3.51. The fourth-order valence-electron chi connectivity index (χ4n) is 1.21. The normalized spacial score (nSPS) is 13.6. The van der Waals surface area contributed by atoms with E-state index >= 15 is 0 Å². The van der Waals surface area contributed by atoms with Gasteiger partial charge in [0.05, 0.1) is 0 Å². The lowest BCUT2D eigenvalue weighted by molar-refractivity contribution is -0.198. The van der Waals surface area contributed by atoms with Crippen molar-refractivity contribution < 1.29 is 18.3 Å². The summed E-state index contributed by atoms with van der Waals surface area (Å²) in [6, 6.07) is 4.80. The Labute approximate surface area is 91.1 Å². The highest BCUT2D eigenvalue weighted by molar-refractivity contribution is 5.57. The molecule has 0 fully saturated rings. The van der Waals surface area contributed by atoms with E-state index in [1.54, 1.807) is 25.1 Å². The maximum Gasteiger partial charge on any atom is 0.416 e. The molecule has 90 valence electrons. The van der Waals surface area contributed by atoms with Crippen LogP contribution in [0.3, 0.4) is 0 Å². The summed E-state index contributed by atoms with van der Waals surface area (Å²) in [5, 5.41) is 11.3. The average Bonchev–Trinajstić information content (AvgIpc) is 2.14. The van der Waals surface area contributed by atoms with E-state index in [1.165, 1.54) is 0 Å². The number of hydrogen-bond acceptors (Lipinski definition) is 3. The third kappa shape index (κ3) is 3.30. The monoisotopic (exact) mass is 234 g/mol. The van der Waals surface area contributed by atoms with Crippen LogP contribution in [0.4, 0.5) is 24.5 Å². The molecule has 0 spiro atoms. The van der Waals surface area contributed by atoms with E-state index in [1.807, 2.05) is 0 Å². The zero-order valence-electron chi connectivity index (χ0n) is 8.67. The molecule has 0 radical (unpaired) electrons. The molecule has 1 rings (SSSR count). The van der Waals surface area contributed by atoms with Crippen molar-refractivity contribution in [2.45, 2.75) is 19.2 Å². The van der Waals surface area contributed by atoms with Gasteiger partial charge in [0.2, 0.25) is 0 Å². The number of anilines is 2. The quantitative estimate of drug-likeness (QED) is 0.700. The molecule has 1 atom stereocenters. The number of aryl methyl sites for hydroxylation is 1. The summed E-state index contributed by atoms with van der Waals surface area (Å²) in [4.78, 5) is 0. The molecular weight excluding hydrogens is 221 g/mol. The molecule has 16 heavy (non-hydrogen) atoms. The first-order valence-electron chi connectivity index (χ1n) is 4.65. The SMILES string of the molecule is Cc1cc(N)ccc1NCC(O)C(F)(F)F. The molecule has 1 aromatic rings. The molecule has 3 nitrogen and oxygen atoms in total. The van der Waals surface area contributed by atoms with Gasteiger partial charge in [0.15, 0.2) is 6.10 Å². The van der Waals surface area contributed by atoms with E-state index in [0.717, 1.165) is 5.56 Å². The first kappa shape index (κ1) is 12.6. The number of benzene rings is 1. The third-order valence-corrected chi connectivity index (χ3v) is 2.11. The van der Waals surface area contributed by atoms with Gasteiger partial charge < -0.3 is 16.2 Å². The molecule has 0 aromatic heterocycles. The number of nitrogens with one attached hydrogen (secondary N) is 1. The lowest BCUT2D eigenvalue weighted by atomic mass is 10.1. The number of aliphatic hydroxyl groups is 1. The summed E-state index contributed by atoms with van der Waals surface area (Å²) in [5.41, 5.74) is 7.29. The Hall–Kier alpha value is -1.43. The Kier molecular flexibility index (Phi) is 3.64. The van der Waals surface area contributed by atoms with Gasteiger partial charge in [-0.15, -0.1) is 0 Å². The van der Waals surface area contributed by atoms with Crippen molar-refractivity contribution in [3.63, 3.8) is 0 Å². The second kappa shape index (κ2) is 4.61. The molecular formula is C10H13F3N2O. The van der Waals surface area contributed by atoms with Crippen LogP contribution >= 0.6 is 0 Å². The van der Waals surface area contributed by atoms with Crippen LogP contribution in [0.2, 0.25) is 0 Å².